The summed E-state index contributed by atoms with van der Waals surface area (Å²) < 4.78 is 0. The Morgan fingerprint density at radius 3 is 2.47 bits per heavy atom. The van der Waals surface area contributed by atoms with E-state index in [2.05, 4.69) is 0 Å². The zero-order valence-corrected chi connectivity index (χ0v) is 10.2. The molecule has 2 atom stereocenters. The molecular formula is C12H14N2O5. The summed E-state index contributed by atoms with van der Waals surface area (Å²) in [6.07, 6.45) is 2.40. The number of rotatable bonds is 4. The van der Waals surface area contributed by atoms with Gasteiger partial charge >= 0.3 is 0 Å². The van der Waals surface area contributed by atoms with Crippen LogP contribution in [0.1, 0.15) is 24.8 Å². The molecule has 0 radical (unpaired) electrons. The second-order valence-electron chi connectivity index (χ2n) is 4.79. The first-order valence-electron chi connectivity index (χ1n) is 6.09. The Hall–Kier alpha value is -2.02. The maximum atomic E-state index is 11.0. The molecule has 0 heterocycles. The quantitative estimate of drug-likeness (QED) is 0.664. The van der Waals surface area contributed by atoms with Gasteiger partial charge in [-0.1, -0.05) is 6.42 Å². The first-order chi connectivity index (χ1) is 8.99. The molecule has 1 aromatic rings. The SMILES string of the molecule is O=[N+]([O-])c1ccc(CC2CCCC2O)c([N+](=O)[O-])c1. The lowest BCUT2D eigenvalue weighted by molar-refractivity contribution is -0.394. The van der Waals surface area contributed by atoms with E-state index in [1.807, 2.05) is 0 Å². The molecule has 0 aliphatic heterocycles. The van der Waals surface area contributed by atoms with Gasteiger partial charge in [0.25, 0.3) is 11.4 Å². The summed E-state index contributed by atoms with van der Waals surface area (Å²) in [5, 5.41) is 31.3. The number of hydrogen-bond donors (Lipinski definition) is 1. The first-order valence-corrected chi connectivity index (χ1v) is 6.09. The van der Waals surface area contributed by atoms with Gasteiger partial charge in [0.2, 0.25) is 0 Å². The number of nitro groups is 2. The van der Waals surface area contributed by atoms with Gasteiger partial charge in [0.05, 0.1) is 22.0 Å². The predicted octanol–water partition coefficient (Wildman–Crippen LogP) is 2.21. The van der Waals surface area contributed by atoms with Gasteiger partial charge < -0.3 is 5.11 Å². The van der Waals surface area contributed by atoms with Gasteiger partial charge in [0.15, 0.2) is 0 Å². The number of aliphatic hydroxyl groups excluding tert-OH is 1. The van der Waals surface area contributed by atoms with Gasteiger partial charge in [0, 0.05) is 11.6 Å². The van der Waals surface area contributed by atoms with Crippen LogP contribution in [-0.4, -0.2) is 21.1 Å². The summed E-state index contributed by atoms with van der Waals surface area (Å²) >= 11 is 0. The lowest BCUT2D eigenvalue weighted by Crippen LogP contribution is -2.16. The van der Waals surface area contributed by atoms with E-state index in [0.717, 1.165) is 18.9 Å². The van der Waals surface area contributed by atoms with Gasteiger partial charge in [-0.15, -0.1) is 0 Å². The maximum absolute atomic E-state index is 11.0. The Labute approximate surface area is 109 Å². The molecule has 1 aliphatic rings. The minimum absolute atomic E-state index is 0.000145. The fraction of sp³-hybridized carbons (Fsp3) is 0.500. The summed E-state index contributed by atoms with van der Waals surface area (Å²) in [7, 11) is 0. The fourth-order valence-corrected chi connectivity index (χ4v) is 2.55. The summed E-state index contributed by atoms with van der Waals surface area (Å²) in [6, 6.07) is 3.67. The van der Waals surface area contributed by atoms with E-state index in [9.17, 15) is 25.3 Å². The Balaban J connectivity index is 2.29. The summed E-state index contributed by atoms with van der Waals surface area (Å²) in [4.78, 5) is 20.3. The van der Waals surface area contributed by atoms with Crippen LogP contribution in [0.5, 0.6) is 0 Å². The average molecular weight is 266 g/mol. The second-order valence-corrected chi connectivity index (χ2v) is 4.79. The van der Waals surface area contributed by atoms with E-state index < -0.39 is 16.0 Å². The fourth-order valence-electron chi connectivity index (χ4n) is 2.55. The number of benzene rings is 1. The zero-order chi connectivity index (χ0) is 14.0. The molecule has 102 valence electrons. The normalized spacial score (nSPS) is 22.4. The number of hydrogen-bond acceptors (Lipinski definition) is 5. The van der Waals surface area contributed by atoms with Crippen molar-refractivity contribution < 1.29 is 15.0 Å². The Kier molecular flexibility index (Phi) is 3.75. The molecule has 1 fully saturated rings. The van der Waals surface area contributed by atoms with E-state index in [1.165, 1.54) is 12.1 Å². The van der Waals surface area contributed by atoms with Crippen molar-refractivity contribution in [3.05, 3.63) is 44.0 Å². The summed E-state index contributed by atoms with van der Waals surface area (Å²) in [6.45, 7) is 0. The van der Waals surface area contributed by atoms with Crippen LogP contribution >= 0.6 is 0 Å². The van der Waals surface area contributed by atoms with Gasteiger partial charge in [-0.3, -0.25) is 20.2 Å². The lowest BCUT2D eigenvalue weighted by atomic mass is 9.95. The van der Waals surface area contributed by atoms with Gasteiger partial charge in [0.1, 0.15) is 0 Å². The molecular weight excluding hydrogens is 252 g/mol. The molecule has 7 heteroatoms. The molecule has 0 aromatic heterocycles. The summed E-state index contributed by atoms with van der Waals surface area (Å²) in [5.41, 5.74) is -0.0859. The lowest BCUT2D eigenvalue weighted by Gasteiger charge is -2.14. The standard InChI is InChI=1S/C12H14N2O5/c15-12-3-1-2-9(12)6-8-4-5-10(13(16)17)7-11(8)14(18)19/h4-5,7,9,12,15H,1-3,6H2. The topological polar surface area (TPSA) is 107 Å². The molecule has 2 unspecified atom stereocenters. The third-order valence-corrected chi connectivity index (χ3v) is 3.58. The van der Waals surface area contributed by atoms with Crippen LogP contribution in [0.25, 0.3) is 0 Å². The Morgan fingerprint density at radius 2 is 1.95 bits per heavy atom. The van der Waals surface area contributed by atoms with Crippen molar-refractivity contribution in [3.63, 3.8) is 0 Å². The highest BCUT2D eigenvalue weighted by Gasteiger charge is 2.28. The summed E-state index contributed by atoms with van der Waals surface area (Å²) in [5.74, 6) is 0.000145. The van der Waals surface area contributed by atoms with Crippen LogP contribution in [0.3, 0.4) is 0 Å². The van der Waals surface area contributed by atoms with Crippen molar-refractivity contribution >= 4 is 11.4 Å². The van der Waals surface area contributed by atoms with Crippen LogP contribution in [-0.2, 0) is 6.42 Å². The van der Waals surface area contributed by atoms with E-state index in [1.54, 1.807) is 0 Å². The number of nitro benzene ring substituents is 2. The minimum atomic E-state index is -0.652. The minimum Gasteiger partial charge on any atom is -0.393 e. The molecule has 0 spiro atoms. The Morgan fingerprint density at radius 1 is 1.21 bits per heavy atom. The highest BCUT2D eigenvalue weighted by molar-refractivity contribution is 5.49. The van der Waals surface area contributed by atoms with Crippen LogP contribution in [0, 0.1) is 26.1 Å². The molecule has 0 amide bonds. The molecule has 1 aliphatic carbocycles. The maximum Gasteiger partial charge on any atom is 0.279 e. The van der Waals surface area contributed by atoms with Crippen LogP contribution in [0.15, 0.2) is 18.2 Å². The molecule has 7 nitrogen and oxygen atoms in total. The van der Waals surface area contributed by atoms with Crippen molar-refractivity contribution in [2.45, 2.75) is 31.8 Å². The predicted molar refractivity (Wildman–Crippen MR) is 66.8 cm³/mol. The van der Waals surface area contributed by atoms with E-state index in [4.69, 9.17) is 0 Å². The molecule has 1 aromatic carbocycles. The van der Waals surface area contributed by atoms with Gasteiger partial charge in [-0.25, -0.2) is 0 Å². The monoisotopic (exact) mass is 266 g/mol. The Bertz CT molecular complexity index is 517. The van der Waals surface area contributed by atoms with Crippen LogP contribution in [0.2, 0.25) is 0 Å². The van der Waals surface area contributed by atoms with Crippen LogP contribution < -0.4 is 0 Å². The third-order valence-electron chi connectivity index (χ3n) is 3.58. The molecule has 1 N–H and O–H groups in total. The third kappa shape index (κ3) is 2.87. The number of non-ortho nitro benzene ring substituents is 1. The molecule has 0 saturated heterocycles. The van der Waals surface area contributed by atoms with Crippen molar-refractivity contribution in [2.24, 2.45) is 5.92 Å². The van der Waals surface area contributed by atoms with Crippen molar-refractivity contribution in [1.29, 1.82) is 0 Å². The first kappa shape index (κ1) is 13.4. The number of nitrogens with zero attached hydrogens (tertiary/aromatic N) is 2. The molecule has 2 rings (SSSR count). The molecule has 1 saturated carbocycles. The smallest absolute Gasteiger partial charge is 0.279 e. The number of aliphatic hydroxyl groups is 1. The van der Waals surface area contributed by atoms with Gasteiger partial charge in [-0.2, -0.15) is 0 Å². The van der Waals surface area contributed by atoms with Crippen molar-refractivity contribution in [3.8, 4) is 0 Å². The molecule has 19 heavy (non-hydrogen) atoms. The highest BCUT2D eigenvalue weighted by Crippen LogP contribution is 2.33. The van der Waals surface area contributed by atoms with Crippen molar-refractivity contribution in [1.82, 2.24) is 0 Å². The van der Waals surface area contributed by atoms with Gasteiger partial charge in [-0.05, 0) is 31.2 Å². The average Bonchev–Trinajstić information content (AvgIpc) is 2.75. The van der Waals surface area contributed by atoms with Crippen molar-refractivity contribution in [2.75, 3.05) is 0 Å². The largest absolute Gasteiger partial charge is 0.393 e. The highest BCUT2D eigenvalue weighted by atomic mass is 16.6. The zero-order valence-electron chi connectivity index (χ0n) is 10.2. The second kappa shape index (κ2) is 5.31. The molecule has 0 bridgehead atoms. The van der Waals surface area contributed by atoms with E-state index in [-0.39, 0.29) is 17.3 Å². The van der Waals surface area contributed by atoms with Crippen LogP contribution in [0.4, 0.5) is 11.4 Å². The van der Waals surface area contributed by atoms with E-state index in [0.29, 0.717) is 18.4 Å². The van der Waals surface area contributed by atoms with E-state index >= 15 is 0 Å².